The van der Waals surface area contributed by atoms with Gasteiger partial charge < -0.3 is 15.2 Å². The highest BCUT2D eigenvalue weighted by molar-refractivity contribution is 5.99. The summed E-state index contributed by atoms with van der Waals surface area (Å²) in [4.78, 5) is 11.4. The topological polar surface area (TPSA) is 85.4 Å². The molecule has 0 amide bonds. The average Bonchev–Trinajstić information content (AvgIpc) is 2.61. The largest absolute Gasteiger partial charge is 0.465 e. The Kier molecular flexibility index (Phi) is 4.16. The molecule has 120 valence electrons. The van der Waals surface area contributed by atoms with Crippen molar-refractivity contribution >= 4 is 22.6 Å². The third kappa shape index (κ3) is 3.20. The van der Waals surface area contributed by atoms with Crippen LogP contribution in [0.4, 0.5) is 0 Å². The van der Waals surface area contributed by atoms with Gasteiger partial charge in [-0.15, -0.1) is 0 Å². The van der Waals surface area contributed by atoms with E-state index < -0.39 is 0 Å². The van der Waals surface area contributed by atoms with Crippen LogP contribution in [0.3, 0.4) is 0 Å². The molecule has 0 aliphatic heterocycles. The summed E-state index contributed by atoms with van der Waals surface area (Å²) in [6, 6.07) is 18.0. The second-order valence-corrected chi connectivity index (χ2v) is 5.26. The summed E-state index contributed by atoms with van der Waals surface area (Å²) in [5.41, 5.74) is 6.67. The van der Waals surface area contributed by atoms with Crippen molar-refractivity contribution in [1.29, 1.82) is 5.41 Å². The fourth-order valence-electron chi connectivity index (χ4n) is 2.37. The lowest BCUT2D eigenvalue weighted by atomic mass is 10.1. The predicted molar refractivity (Wildman–Crippen MR) is 92.8 cm³/mol. The van der Waals surface area contributed by atoms with Gasteiger partial charge in [-0.1, -0.05) is 18.2 Å². The Hall–Kier alpha value is -3.34. The number of hydrogen-bond acceptors (Lipinski definition) is 4. The second kappa shape index (κ2) is 6.42. The van der Waals surface area contributed by atoms with E-state index in [0.717, 1.165) is 10.8 Å². The molecule has 0 bridgehead atoms. The van der Waals surface area contributed by atoms with Gasteiger partial charge in [-0.25, -0.2) is 4.79 Å². The van der Waals surface area contributed by atoms with E-state index in [2.05, 4.69) is 4.74 Å². The first kappa shape index (κ1) is 15.6. The highest BCUT2D eigenvalue weighted by Gasteiger charge is 2.06. The SMILES string of the molecule is COC(=O)c1ccc(Oc2ccc3cc(C(=N)N)ccc3c2)cc1. The van der Waals surface area contributed by atoms with Gasteiger partial charge in [0.1, 0.15) is 17.3 Å². The van der Waals surface area contributed by atoms with Gasteiger partial charge in [0.25, 0.3) is 0 Å². The molecular formula is C19H16N2O3. The molecule has 5 heteroatoms. The molecule has 24 heavy (non-hydrogen) atoms. The number of amidine groups is 1. The molecule has 0 spiro atoms. The minimum atomic E-state index is -0.381. The van der Waals surface area contributed by atoms with Crippen LogP contribution in [0, 0.1) is 5.41 Å². The fourth-order valence-corrected chi connectivity index (χ4v) is 2.37. The quantitative estimate of drug-likeness (QED) is 0.436. The second-order valence-electron chi connectivity index (χ2n) is 5.26. The lowest BCUT2D eigenvalue weighted by Gasteiger charge is -2.08. The Morgan fingerprint density at radius 1 is 0.875 bits per heavy atom. The van der Waals surface area contributed by atoms with Crippen LogP contribution >= 0.6 is 0 Å². The van der Waals surface area contributed by atoms with Crippen LogP contribution in [-0.2, 0) is 4.74 Å². The zero-order valence-electron chi connectivity index (χ0n) is 13.1. The molecule has 0 atom stereocenters. The van der Waals surface area contributed by atoms with Gasteiger partial charge in [-0.2, -0.15) is 0 Å². The summed E-state index contributed by atoms with van der Waals surface area (Å²) < 4.78 is 10.5. The lowest BCUT2D eigenvalue weighted by molar-refractivity contribution is 0.0600. The maximum Gasteiger partial charge on any atom is 0.337 e. The first-order chi connectivity index (χ1) is 11.6. The minimum Gasteiger partial charge on any atom is -0.465 e. The van der Waals surface area contributed by atoms with E-state index in [4.69, 9.17) is 15.9 Å². The molecule has 0 fully saturated rings. The van der Waals surface area contributed by atoms with Crippen molar-refractivity contribution in [3.05, 3.63) is 71.8 Å². The lowest BCUT2D eigenvalue weighted by Crippen LogP contribution is -2.10. The fraction of sp³-hybridized carbons (Fsp3) is 0.0526. The van der Waals surface area contributed by atoms with E-state index in [-0.39, 0.29) is 11.8 Å². The number of esters is 1. The van der Waals surface area contributed by atoms with Crippen LogP contribution in [-0.4, -0.2) is 18.9 Å². The molecule has 3 aromatic carbocycles. The van der Waals surface area contributed by atoms with Crippen LogP contribution in [0.15, 0.2) is 60.7 Å². The number of methoxy groups -OCH3 is 1. The molecule has 0 radical (unpaired) electrons. The monoisotopic (exact) mass is 320 g/mol. The van der Waals surface area contributed by atoms with Crippen LogP contribution in [0.5, 0.6) is 11.5 Å². The Morgan fingerprint density at radius 2 is 1.46 bits per heavy atom. The maximum atomic E-state index is 11.4. The number of hydrogen-bond donors (Lipinski definition) is 2. The Morgan fingerprint density at radius 3 is 2.12 bits per heavy atom. The molecule has 0 heterocycles. The smallest absolute Gasteiger partial charge is 0.337 e. The average molecular weight is 320 g/mol. The van der Waals surface area contributed by atoms with Crippen molar-refractivity contribution in [3.63, 3.8) is 0 Å². The molecule has 0 aliphatic rings. The molecule has 0 unspecified atom stereocenters. The molecule has 3 N–H and O–H groups in total. The first-order valence-electron chi connectivity index (χ1n) is 7.31. The van der Waals surface area contributed by atoms with Crippen LogP contribution in [0.2, 0.25) is 0 Å². The van der Waals surface area contributed by atoms with E-state index in [1.807, 2.05) is 30.3 Å². The summed E-state index contributed by atoms with van der Waals surface area (Å²) in [6.07, 6.45) is 0. The number of carbonyl (C=O) groups excluding carboxylic acids is 1. The Bertz CT molecular complexity index is 918. The summed E-state index contributed by atoms with van der Waals surface area (Å²) in [7, 11) is 1.35. The summed E-state index contributed by atoms with van der Waals surface area (Å²) >= 11 is 0. The highest BCUT2D eigenvalue weighted by atomic mass is 16.5. The van der Waals surface area contributed by atoms with Gasteiger partial charge in [0.05, 0.1) is 12.7 Å². The minimum absolute atomic E-state index is 0.0444. The van der Waals surface area contributed by atoms with Gasteiger partial charge in [0, 0.05) is 5.56 Å². The molecule has 0 saturated heterocycles. The van der Waals surface area contributed by atoms with Crippen LogP contribution < -0.4 is 10.5 Å². The van der Waals surface area contributed by atoms with Gasteiger partial charge in [-0.05, 0) is 53.2 Å². The van der Waals surface area contributed by atoms with Gasteiger partial charge in [0.2, 0.25) is 0 Å². The summed E-state index contributed by atoms with van der Waals surface area (Å²) in [5.74, 6) is 0.975. The van der Waals surface area contributed by atoms with Crippen molar-refractivity contribution < 1.29 is 14.3 Å². The van der Waals surface area contributed by atoms with Crippen molar-refractivity contribution in [1.82, 2.24) is 0 Å². The summed E-state index contributed by atoms with van der Waals surface area (Å²) in [5, 5.41) is 9.45. The Labute approximate surface area is 139 Å². The van der Waals surface area contributed by atoms with E-state index in [1.54, 1.807) is 30.3 Å². The number of nitrogens with two attached hydrogens (primary N) is 1. The third-order valence-corrected chi connectivity index (χ3v) is 3.63. The van der Waals surface area contributed by atoms with Crippen molar-refractivity contribution in [2.45, 2.75) is 0 Å². The Balaban J connectivity index is 1.83. The highest BCUT2D eigenvalue weighted by Crippen LogP contribution is 2.26. The molecule has 0 aromatic heterocycles. The number of fused-ring (bicyclic) bond motifs is 1. The number of carbonyl (C=O) groups is 1. The number of nitrogens with one attached hydrogen (secondary N) is 1. The predicted octanol–water partition coefficient (Wildman–Crippen LogP) is 3.70. The zero-order chi connectivity index (χ0) is 17.1. The number of nitrogen functional groups attached to an aromatic ring is 1. The van der Waals surface area contributed by atoms with Crippen molar-refractivity contribution in [2.75, 3.05) is 7.11 Å². The molecule has 0 aliphatic carbocycles. The van der Waals surface area contributed by atoms with Gasteiger partial charge in [0.15, 0.2) is 0 Å². The molecular weight excluding hydrogens is 304 g/mol. The van der Waals surface area contributed by atoms with E-state index >= 15 is 0 Å². The maximum absolute atomic E-state index is 11.4. The zero-order valence-corrected chi connectivity index (χ0v) is 13.1. The molecule has 0 saturated carbocycles. The van der Waals surface area contributed by atoms with Crippen molar-refractivity contribution in [3.8, 4) is 11.5 Å². The van der Waals surface area contributed by atoms with Gasteiger partial charge >= 0.3 is 5.97 Å². The number of benzene rings is 3. The van der Waals surface area contributed by atoms with Gasteiger partial charge in [-0.3, -0.25) is 5.41 Å². The van der Waals surface area contributed by atoms with Crippen molar-refractivity contribution in [2.24, 2.45) is 5.73 Å². The molecule has 5 nitrogen and oxygen atoms in total. The van der Waals surface area contributed by atoms with Crippen LogP contribution in [0.25, 0.3) is 10.8 Å². The molecule has 3 aromatic rings. The van der Waals surface area contributed by atoms with E-state index in [0.29, 0.717) is 22.6 Å². The van der Waals surface area contributed by atoms with E-state index in [1.165, 1.54) is 7.11 Å². The van der Waals surface area contributed by atoms with E-state index in [9.17, 15) is 4.79 Å². The van der Waals surface area contributed by atoms with Crippen LogP contribution in [0.1, 0.15) is 15.9 Å². The first-order valence-corrected chi connectivity index (χ1v) is 7.31. The summed E-state index contributed by atoms with van der Waals surface area (Å²) in [6.45, 7) is 0. The normalized spacial score (nSPS) is 10.4. The number of ether oxygens (including phenoxy) is 2. The number of rotatable bonds is 4. The molecule has 3 rings (SSSR count). The standard InChI is InChI=1S/C19H16N2O3/c1-23-19(22)12-4-7-16(8-5-12)24-17-9-6-13-10-15(18(20)21)3-2-14(13)11-17/h2-11H,1H3,(H3,20,21). The third-order valence-electron chi connectivity index (χ3n) is 3.63.